The molecule has 0 aliphatic carbocycles. The Morgan fingerprint density at radius 3 is 2.25 bits per heavy atom. The van der Waals surface area contributed by atoms with Crippen LogP contribution in [0.1, 0.15) is 87.1 Å². The molecule has 134 valence electrons. The maximum absolute atomic E-state index is 12.1. The molecule has 0 aromatic heterocycles. The van der Waals surface area contributed by atoms with Gasteiger partial charge in [0.25, 0.3) is 0 Å². The number of rotatable bonds is 13. The van der Waals surface area contributed by atoms with Gasteiger partial charge in [0.05, 0.1) is 5.56 Å². The number of carboxylic acids is 1. The van der Waals surface area contributed by atoms with Crippen molar-refractivity contribution in [3.63, 3.8) is 0 Å². The van der Waals surface area contributed by atoms with Crippen LogP contribution in [-0.4, -0.2) is 22.0 Å². The van der Waals surface area contributed by atoms with Crippen molar-refractivity contribution in [2.45, 2.75) is 77.6 Å². The first-order valence-electron chi connectivity index (χ1n) is 9.11. The number of carboxylic acid groups (broad SMARTS) is 1. The molecule has 1 rings (SSSR count). The first kappa shape index (κ1) is 20.2. The van der Waals surface area contributed by atoms with E-state index in [0.29, 0.717) is 12.0 Å². The number of benzene rings is 1. The van der Waals surface area contributed by atoms with Gasteiger partial charge in [-0.25, -0.2) is 0 Å². The molecule has 4 nitrogen and oxygen atoms in total. The monoisotopic (exact) mass is 334 g/mol. The van der Waals surface area contributed by atoms with Gasteiger partial charge in [-0.1, -0.05) is 51.5 Å². The molecule has 24 heavy (non-hydrogen) atoms. The maximum atomic E-state index is 12.1. The second-order valence-corrected chi connectivity index (χ2v) is 6.39. The highest BCUT2D eigenvalue weighted by molar-refractivity contribution is 5.98. The summed E-state index contributed by atoms with van der Waals surface area (Å²) in [7, 11) is 0. The predicted molar refractivity (Wildman–Crippen MR) is 95.6 cm³/mol. The zero-order valence-electron chi connectivity index (χ0n) is 14.7. The van der Waals surface area contributed by atoms with E-state index < -0.39 is 5.97 Å². The fourth-order valence-electron chi connectivity index (χ4n) is 2.78. The average Bonchev–Trinajstić information content (AvgIpc) is 2.55. The number of hydrogen-bond donors (Lipinski definition) is 2. The number of ketones is 1. The second kappa shape index (κ2) is 11.7. The lowest BCUT2D eigenvalue weighted by atomic mass is 9.99. The Hall–Kier alpha value is -1.84. The topological polar surface area (TPSA) is 74.6 Å². The fourth-order valence-corrected chi connectivity index (χ4v) is 2.78. The van der Waals surface area contributed by atoms with Gasteiger partial charge in [-0.2, -0.15) is 0 Å². The van der Waals surface area contributed by atoms with Gasteiger partial charge in [0.1, 0.15) is 5.75 Å². The van der Waals surface area contributed by atoms with E-state index in [-0.39, 0.29) is 24.4 Å². The van der Waals surface area contributed by atoms with Crippen molar-refractivity contribution in [1.82, 2.24) is 0 Å². The summed E-state index contributed by atoms with van der Waals surface area (Å²) in [5.41, 5.74) is 1.38. The van der Waals surface area contributed by atoms with Crippen molar-refractivity contribution >= 4 is 11.8 Å². The first-order valence-corrected chi connectivity index (χ1v) is 9.11. The van der Waals surface area contributed by atoms with E-state index >= 15 is 0 Å². The third-order valence-electron chi connectivity index (χ3n) is 4.22. The zero-order chi connectivity index (χ0) is 17.8. The van der Waals surface area contributed by atoms with Crippen LogP contribution in [0.5, 0.6) is 5.75 Å². The number of aromatic hydroxyl groups is 1. The third kappa shape index (κ3) is 8.14. The van der Waals surface area contributed by atoms with Gasteiger partial charge in [0.15, 0.2) is 5.78 Å². The van der Waals surface area contributed by atoms with Crippen molar-refractivity contribution in [3.8, 4) is 5.75 Å². The molecule has 0 unspecified atom stereocenters. The molecule has 4 heteroatoms. The van der Waals surface area contributed by atoms with Crippen molar-refractivity contribution in [3.05, 3.63) is 29.3 Å². The SMILES string of the molecule is CCCCCCCCCc1ccc(O)c(C(=O)CCCC(=O)O)c1. The second-order valence-electron chi connectivity index (χ2n) is 6.39. The van der Waals surface area contributed by atoms with E-state index in [1.807, 2.05) is 6.07 Å². The molecule has 2 N–H and O–H groups in total. The van der Waals surface area contributed by atoms with Gasteiger partial charge >= 0.3 is 5.97 Å². The van der Waals surface area contributed by atoms with Crippen LogP contribution in [0.2, 0.25) is 0 Å². The summed E-state index contributed by atoms with van der Waals surface area (Å²) in [6.07, 6.45) is 10.0. The molecule has 0 saturated carbocycles. The molecule has 0 aliphatic heterocycles. The summed E-state index contributed by atoms with van der Waals surface area (Å²) in [5.74, 6) is -1.10. The van der Waals surface area contributed by atoms with Gasteiger partial charge in [-0.05, 0) is 37.0 Å². The Morgan fingerprint density at radius 2 is 1.58 bits per heavy atom. The standard InChI is InChI=1S/C20H30O4/c1-2-3-4-5-6-7-8-10-16-13-14-19(22)17(15-16)18(21)11-9-12-20(23)24/h13-15,22H,2-12H2,1H3,(H,23,24). The van der Waals surface area contributed by atoms with E-state index in [9.17, 15) is 14.7 Å². The molecule has 1 aromatic carbocycles. The fraction of sp³-hybridized carbons (Fsp3) is 0.600. The highest BCUT2D eigenvalue weighted by atomic mass is 16.4. The molecular weight excluding hydrogens is 304 g/mol. The number of phenolic OH excluding ortho intramolecular Hbond substituents is 1. The van der Waals surface area contributed by atoms with Crippen molar-refractivity contribution in [1.29, 1.82) is 0 Å². The summed E-state index contributed by atoms with van der Waals surface area (Å²) in [5, 5.41) is 18.5. The van der Waals surface area contributed by atoms with E-state index in [4.69, 9.17) is 5.11 Å². The van der Waals surface area contributed by atoms with Crippen LogP contribution < -0.4 is 0 Å². The van der Waals surface area contributed by atoms with Crippen LogP contribution in [-0.2, 0) is 11.2 Å². The number of Topliss-reactive ketones (excluding diaryl/α,β-unsaturated/α-hetero) is 1. The number of aryl methyl sites for hydroxylation is 1. The molecule has 0 fully saturated rings. The summed E-state index contributed by atoms with van der Waals surface area (Å²) < 4.78 is 0. The first-order chi connectivity index (χ1) is 11.5. The highest BCUT2D eigenvalue weighted by Gasteiger charge is 2.12. The number of carbonyl (C=O) groups is 2. The molecule has 1 aromatic rings. The quantitative estimate of drug-likeness (QED) is 0.388. The van der Waals surface area contributed by atoms with Crippen molar-refractivity contribution < 1.29 is 19.8 Å². The van der Waals surface area contributed by atoms with Crippen molar-refractivity contribution in [2.75, 3.05) is 0 Å². The van der Waals surface area contributed by atoms with E-state index in [2.05, 4.69) is 6.92 Å². The number of hydrogen-bond acceptors (Lipinski definition) is 3. The summed E-state index contributed by atoms with van der Waals surface area (Å²) in [6.45, 7) is 2.21. The molecule has 0 atom stereocenters. The lowest BCUT2D eigenvalue weighted by Gasteiger charge is -2.07. The number of phenols is 1. The summed E-state index contributed by atoms with van der Waals surface area (Å²) >= 11 is 0. The smallest absolute Gasteiger partial charge is 0.303 e. The lowest BCUT2D eigenvalue weighted by molar-refractivity contribution is -0.137. The Labute approximate surface area is 144 Å². The molecule has 0 radical (unpaired) electrons. The molecule has 0 heterocycles. The van der Waals surface area contributed by atoms with Crippen LogP contribution in [0.15, 0.2) is 18.2 Å². The number of aliphatic carboxylic acids is 1. The van der Waals surface area contributed by atoms with Crippen LogP contribution >= 0.6 is 0 Å². The third-order valence-corrected chi connectivity index (χ3v) is 4.22. The lowest BCUT2D eigenvalue weighted by Crippen LogP contribution is -2.03. The normalized spacial score (nSPS) is 10.7. The van der Waals surface area contributed by atoms with Gasteiger partial charge in [0, 0.05) is 12.8 Å². The molecule has 0 bridgehead atoms. The largest absolute Gasteiger partial charge is 0.507 e. The Bertz CT molecular complexity index is 522. The highest BCUT2D eigenvalue weighted by Crippen LogP contribution is 2.22. The van der Waals surface area contributed by atoms with Crippen LogP contribution in [0.4, 0.5) is 0 Å². The van der Waals surface area contributed by atoms with E-state index in [1.54, 1.807) is 12.1 Å². The van der Waals surface area contributed by atoms with E-state index in [0.717, 1.165) is 18.4 Å². The van der Waals surface area contributed by atoms with Gasteiger partial charge < -0.3 is 10.2 Å². The maximum Gasteiger partial charge on any atom is 0.303 e. The summed E-state index contributed by atoms with van der Waals surface area (Å²) in [4.78, 5) is 22.6. The number of unbranched alkanes of at least 4 members (excludes halogenated alkanes) is 6. The van der Waals surface area contributed by atoms with Crippen molar-refractivity contribution in [2.24, 2.45) is 0 Å². The van der Waals surface area contributed by atoms with Gasteiger partial charge in [-0.3, -0.25) is 9.59 Å². The molecule has 0 amide bonds. The minimum absolute atomic E-state index is 0.0151. The number of carbonyl (C=O) groups excluding carboxylic acids is 1. The molecular formula is C20H30O4. The van der Waals surface area contributed by atoms with Crippen LogP contribution in [0.25, 0.3) is 0 Å². The van der Waals surface area contributed by atoms with Gasteiger partial charge in [-0.15, -0.1) is 0 Å². The van der Waals surface area contributed by atoms with Gasteiger partial charge in [0.2, 0.25) is 0 Å². The van der Waals surface area contributed by atoms with Crippen LogP contribution in [0.3, 0.4) is 0 Å². The average molecular weight is 334 g/mol. The Kier molecular flexibility index (Phi) is 9.81. The Balaban J connectivity index is 2.41. The summed E-state index contributed by atoms with van der Waals surface area (Å²) in [6, 6.07) is 5.19. The molecule has 0 saturated heterocycles. The minimum atomic E-state index is -0.903. The molecule has 0 aliphatic rings. The van der Waals surface area contributed by atoms with E-state index in [1.165, 1.54) is 38.5 Å². The minimum Gasteiger partial charge on any atom is -0.507 e. The molecule has 0 spiro atoms. The van der Waals surface area contributed by atoms with Crippen LogP contribution in [0, 0.1) is 0 Å². The Morgan fingerprint density at radius 1 is 0.917 bits per heavy atom. The predicted octanol–water partition coefficient (Wildman–Crippen LogP) is 5.12. The zero-order valence-corrected chi connectivity index (χ0v) is 14.7.